The Hall–Kier alpha value is -2.25. The zero-order chi connectivity index (χ0) is 17.6. The lowest BCUT2D eigenvalue weighted by Crippen LogP contribution is -2.43. The molecule has 1 N–H and O–H groups in total. The average molecular weight is 346 g/mol. The van der Waals surface area contributed by atoms with Crippen molar-refractivity contribution < 1.29 is 13.9 Å². The quantitative estimate of drug-likeness (QED) is 0.862. The van der Waals surface area contributed by atoms with Crippen LogP contribution < -0.4 is 5.32 Å². The summed E-state index contributed by atoms with van der Waals surface area (Å²) in [5, 5.41) is 7.24. The SMILES string of the molecule is COCC(=O)NC[C@H]1CCn2nccc2CN1Cc1ccccc1F. The topological polar surface area (TPSA) is 59.4 Å². The number of hydrogen-bond donors (Lipinski definition) is 1. The normalized spacial score (nSPS) is 17.8. The van der Waals surface area contributed by atoms with E-state index >= 15 is 0 Å². The fraction of sp³-hybridized carbons (Fsp3) is 0.444. The Labute approximate surface area is 146 Å². The van der Waals surface area contributed by atoms with E-state index in [4.69, 9.17) is 4.74 Å². The van der Waals surface area contributed by atoms with Gasteiger partial charge >= 0.3 is 0 Å². The molecule has 1 aliphatic rings. The van der Waals surface area contributed by atoms with Crippen molar-refractivity contribution >= 4 is 5.91 Å². The number of carbonyl (C=O) groups excluding carboxylic acids is 1. The second-order valence-corrected chi connectivity index (χ2v) is 6.22. The molecule has 2 aromatic rings. The number of rotatable bonds is 6. The Balaban J connectivity index is 1.75. The van der Waals surface area contributed by atoms with Gasteiger partial charge in [0.2, 0.25) is 5.91 Å². The van der Waals surface area contributed by atoms with Crippen LogP contribution in [-0.4, -0.2) is 46.9 Å². The highest BCUT2D eigenvalue weighted by molar-refractivity contribution is 5.77. The molecule has 1 aromatic heterocycles. The summed E-state index contributed by atoms with van der Waals surface area (Å²) < 4.78 is 20.9. The van der Waals surface area contributed by atoms with E-state index in [0.717, 1.165) is 18.7 Å². The maximum atomic E-state index is 14.1. The number of nitrogens with zero attached hydrogens (tertiary/aromatic N) is 3. The van der Waals surface area contributed by atoms with E-state index in [1.807, 2.05) is 16.8 Å². The van der Waals surface area contributed by atoms with Crippen LogP contribution in [0.4, 0.5) is 4.39 Å². The molecule has 2 heterocycles. The summed E-state index contributed by atoms with van der Waals surface area (Å²) in [5.74, 6) is -0.349. The van der Waals surface area contributed by atoms with Crippen LogP contribution in [-0.2, 0) is 29.2 Å². The summed E-state index contributed by atoms with van der Waals surface area (Å²) in [7, 11) is 1.49. The largest absolute Gasteiger partial charge is 0.375 e. The lowest BCUT2D eigenvalue weighted by atomic mass is 10.1. The molecule has 7 heteroatoms. The summed E-state index contributed by atoms with van der Waals surface area (Å²) in [6, 6.07) is 8.90. The minimum absolute atomic E-state index is 0.0433. The number of benzene rings is 1. The highest BCUT2D eigenvalue weighted by Crippen LogP contribution is 2.20. The van der Waals surface area contributed by atoms with Gasteiger partial charge in [-0.3, -0.25) is 14.4 Å². The third-order valence-corrected chi connectivity index (χ3v) is 4.50. The molecular weight excluding hydrogens is 323 g/mol. The predicted molar refractivity (Wildman–Crippen MR) is 91.2 cm³/mol. The summed E-state index contributed by atoms with van der Waals surface area (Å²) in [4.78, 5) is 13.9. The van der Waals surface area contributed by atoms with Gasteiger partial charge in [-0.2, -0.15) is 5.10 Å². The minimum Gasteiger partial charge on any atom is -0.375 e. The van der Waals surface area contributed by atoms with E-state index in [1.165, 1.54) is 13.2 Å². The van der Waals surface area contributed by atoms with Crippen LogP contribution in [0.5, 0.6) is 0 Å². The van der Waals surface area contributed by atoms with Crippen LogP contribution in [0.2, 0.25) is 0 Å². The fourth-order valence-electron chi connectivity index (χ4n) is 3.16. The van der Waals surface area contributed by atoms with Crippen molar-refractivity contribution in [2.45, 2.75) is 32.1 Å². The maximum Gasteiger partial charge on any atom is 0.246 e. The molecule has 25 heavy (non-hydrogen) atoms. The molecule has 0 spiro atoms. The first-order valence-electron chi connectivity index (χ1n) is 8.41. The smallest absolute Gasteiger partial charge is 0.246 e. The minimum atomic E-state index is -0.206. The lowest BCUT2D eigenvalue weighted by molar-refractivity contribution is -0.125. The second-order valence-electron chi connectivity index (χ2n) is 6.22. The molecule has 0 radical (unpaired) electrons. The van der Waals surface area contributed by atoms with Crippen molar-refractivity contribution in [1.82, 2.24) is 20.0 Å². The van der Waals surface area contributed by atoms with Gasteiger partial charge in [0.1, 0.15) is 12.4 Å². The Bertz CT molecular complexity index is 719. The highest BCUT2D eigenvalue weighted by atomic mass is 19.1. The van der Waals surface area contributed by atoms with Gasteiger partial charge in [-0.25, -0.2) is 4.39 Å². The third-order valence-electron chi connectivity index (χ3n) is 4.50. The number of carbonyl (C=O) groups is 1. The molecule has 0 fully saturated rings. The Morgan fingerprint density at radius 3 is 3.04 bits per heavy atom. The van der Waals surface area contributed by atoms with Gasteiger partial charge in [0.05, 0.1) is 5.69 Å². The predicted octanol–water partition coefficient (Wildman–Crippen LogP) is 1.56. The van der Waals surface area contributed by atoms with Gasteiger partial charge in [-0.15, -0.1) is 0 Å². The number of methoxy groups -OCH3 is 1. The highest BCUT2D eigenvalue weighted by Gasteiger charge is 2.25. The van der Waals surface area contributed by atoms with Crippen molar-refractivity contribution in [1.29, 1.82) is 0 Å². The standard InChI is InChI=1S/C18H23FN4O2/c1-25-13-18(24)20-10-15-7-9-23-16(6-8-21-23)12-22(15)11-14-4-2-3-5-17(14)19/h2-6,8,15H,7,9-13H2,1H3,(H,20,24)/t15-/m1/s1. The molecule has 0 saturated carbocycles. The summed E-state index contributed by atoms with van der Waals surface area (Å²) in [5.41, 5.74) is 1.76. The monoisotopic (exact) mass is 346 g/mol. The van der Waals surface area contributed by atoms with Crippen LogP contribution in [0.25, 0.3) is 0 Å². The van der Waals surface area contributed by atoms with Gasteiger partial charge in [0, 0.05) is 51.1 Å². The number of amides is 1. The van der Waals surface area contributed by atoms with Gasteiger partial charge in [-0.1, -0.05) is 18.2 Å². The van der Waals surface area contributed by atoms with E-state index in [1.54, 1.807) is 18.3 Å². The fourth-order valence-corrected chi connectivity index (χ4v) is 3.16. The first-order chi connectivity index (χ1) is 12.2. The molecule has 1 atom stereocenters. The molecule has 1 aromatic carbocycles. The van der Waals surface area contributed by atoms with Crippen LogP contribution in [0.15, 0.2) is 36.5 Å². The zero-order valence-corrected chi connectivity index (χ0v) is 14.3. The van der Waals surface area contributed by atoms with Crippen molar-refractivity contribution in [2.24, 2.45) is 0 Å². The number of aromatic nitrogens is 2. The first kappa shape index (κ1) is 17.6. The van der Waals surface area contributed by atoms with Gasteiger partial charge in [0.15, 0.2) is 0 Å². The van der Waals surface area contributed by atoms with Crippen LogP contribution in [0.1, 0.15) is 17.7 Å². The van der Waals surface area contributed by atoms with E-state index in [2.05, 4.69) is 15.3 Å². The second kappa shape index (κ2) is 8.22. The first-order valence-corrected chi connectivity index (χ1v) is 8.41. The maximum absolute atomic E-state index is 14.1. The molecule has 0 bridgehead atoms. The number of fused-ring (bicyclic) bond motifs is 1. The third kappa shape index (κ3) is 4.43. The van der Waals surface area contributed by atoms with E-state index in [0.29, 0.717) is 25.2 Å². The van der Waals surface area contributed by atoms with Crippen molar-refractivity contribution in [3.8, 4) is 0 Å². The van der Waals surface area contributed by atoms with Crippen molar-refractivity contribution in [2.75, 3.05) is 20.3 Å². The molecule has 134 valence electrons. The average Bonchev–Trinajstić information content (AvgIpc) is 2.97. The summed E-state index contributed by atoms with van der Waals surface area (Å²) in [6.07, 6.45) is 2.62. The molecular formula is C18H23FN4O2. The van der Waals surface area contributed by atoms with Gasteiger partial charge in [-0.05, 0) is 18.6 Å². The number of ether oxygens (including phenoxy) is 1. The van der Waals surface area contributed by atoms with Crippen molar-refractivity contribution in [3.63, 3.8) is 0 Å². The van der Waals surface area contributed by atoms with Crippen molar-refractivity contribution in [3.05, 3.63) is 53.6 Å². The number of halogens is 1. The molecule has 1 aliphatic heterocycles. The molecule has 6 nitrogen and oxygen atoms in total. The number of hydrogen-bond acceptors (Lipinski definition) is 4. The zero-order valence-electron chi connectivity index (χ0n) is 14.3. The van der Waals surface area contributed by atoms with Crippen LogP contribution in [0.3, 0.4) is 0 Å². The number of aryl methyl sites for hydroxylation is 1. The molecule has 3 rings (SSSR count). The molecule has 1 amide bonds. The molecule has 0 aliphatic carbocycles. The van der Waals surface area contributed by atoms with E-state index < -0.39 is 0 Å². The Morgan fingerprint density at radius 1 is 1.40 bits per heavy atom. The Morgan fingerprint density at radius 2 is 2.24 bits per heavy atom. The Kier molecular flexibility index (Phi) is 5.78. The van der Waals surface area contributed by atoms with E-state index in [9.17, 15) is 9.18 Å². The summed E-state index contributed by atoms with van der Waals surface area (Å²) in [6.45, 7) is 2.48. The van der Waals surface area contributed by atoms with Crippen LogP contribution in [0, 0.1) is 5.82 Å². The summed E-state index contributed by atoms with van der Waals surface area (Å²) >= 11 is 0. The number of nitrogens with one attached hydrogen (secondary N) is 1. The van der Waals surface area contributed by atoms with Crippen LogP contribution >= 0.6 is 0 Å². The molecule has 0 unspecified atom stereocenters. The van der Waals surface area contributed by atoms with Gasteiger partial charge < -0.3 is 10.1 Å². The lowest BCUT2D eigenvalue weighted by Gasteiger charge is -2.30. The van der Waals surface area contributed by atoms with E-state index in [-0.39, 0.29) is 24.4 Å². The molecule has 0 saturated heterocycles. The van der Waals surface area contributed by atoms with Gasteiger partial charge in [0.25, 0.3) is 0 Å².